The zero-order valence-corrected chi connectivity index (χ0v) is 11.3. The summed E-state index contributed by atoms with van der Waals surface area (Å²) in [6.07, 6.45) is 1.09. The van der Waals surface area contributed by atoms with Crippen LogP contribution in [0.25, 0.3) is 0 Å². The number of halogens is 2. The van der Waals surface area contributed by atoms with Crippen LogP contribution >= 0.6 is 12.4 Å². The number of rotatable bonds is 6. The van der Waals surface area contributed by atoms with Crippen molar-refractivity contribution in [2.75, 3.05) is 34.8 Å². The second-order valence-electron chi connectivity index (χ2n) is 4.30. The average molecular weight is 261 g/mol. The number of nitrogens with zero attached hydrogens (tertiary/aromatic N) is 1. The Balaban J connectivity index is -0.000000720. The van der Waals surface area contributed by atoms with Crippen LogP contribution in [0.5, 0.6) is 0 Å². The van der Waals surface area contributed by atoms with E-state index in [1.807, 2.05) is 0 Å². The van der Waals surface area contributed by atoms with Gasteiger partial charge >= 0.3 is 0 Å². The van der Waals surface area contributed by atoms with Gasteiger partial charge in [-0.15, -0.1) is 12.4 Å². The number of carbonyl (C=O) groups is 1. The van der Waals surface area contributed by atoms with Crippen LogP contribution in [-0.2, 0) is 9.53 Å². The summed E-state index contributed by atoms with van der Waals surface area (Å²) in [6.45, 7) is 0.939. The lowest BCUT2D eigenvalue weighted by Crippen LogP contribution is -3.00. The Morgan fingerprint density at radius 1 is 1.40 bits per heavy atom. The molecule has 0 aliphatic carbocycles. The van der Waals surface area contributed by atoms with Gasteiger partial charge in [0.05, 0.1) is 27.7 Å². The fourth-order valence-corrected chi connectivity index (χ4v) is 1.03. The Bertz CT molecular complexity index is 163. The minimum Gasteiger partial charge on any atom is -1.00 e. The number of aldehydes is 1. The fraction of sp³-hybridized carbons (Fsp3) is 0.889. The highest BCUT2D eigenvalue weighted by Gasteiger charge is 2.19. The summed E-state index contributed by atoms with van der Waals surface area (Å²) in [6, 6.07) is -0.195. The third-order valence-corrected chi connectivity index (χ3v) is 1.96. The van der Waals surface area contributed by atoms with Gasteiger partial charge in [0.15, 0.2) is 0 Å². The quantitative estimate of drug-likeness (QED) is 0.411. The molecule has 4 nitrogen and oxygen atoms in total. The summed E-state index contributed by atoms with van der Waals surface area (Å²) in [5.74, 6) is 0. The highest BCUT2D eigenvalue weighted by Crippen LogP contribution is 2.01. The van der Waals surface area contributed by atoms with E-state index in [-0.39, 0.29) is 30.9 Å². The lowest BCUT2D eigenvalue weighted by Gasteiger charge is -2.26. The van der Waals surface area contributed by atoms with E-state index >= 15 is 0 Å². The van der Waals surface area contributed by atoms with Crippen molar-refractivity contribution in [2.24, 2.45) is 5.73 Å². The third kappa shape index (κ3) is 10.4. The van der Waals surface area contributed by atoms with Crippen LogP contribution < -0.4 is 18.1 Å². The molecule has 2 N–H and O–H groups in total. The molecule has 0 unspecified atom stereocenters. The van der Waals surface area contributed by atoms with Crippen LogP contribution in [0.15, 0.2) is 0 Å². The first-order chi connectivity index (χ1) is 5.90. The molecule has 0 amide bonds. The van der Waals surface area contributed by atoms with Gasteiger partial charge in [-0.25, -0.2) is 0 Å². The first-order valence-corrected chi connectivity index (χ1v) is 4.45. The lowest BCUT2D eigenvalue weighted by molar-refractivity contribution is -0.870. The molecular formula is C9H22Cl2N2O2. The van der Waals surface area contributed by atoms with E-state index in [1.54, 1.807) is 0 Å². The first-order valence-electron chi connectivity index (χ1n) is 4.45. The van der Waals surface area contributed by atoms with Crippen molar-refractivity contribution in [1.29, 1.82) is 0 Å². The molecule has 6 heteroatoms. The molecule has 0 saturated carbocycles. The molecule has 0 aromatic rings. The van der Waals surface area contributed by atoms with Crippen molar-refractivity contribution in [1.82, 2.24) is 0 Å². The highest BCUT2D eigenvalue weighted by molar-refractivity contribution is 5.85. The zero-order valence-electron chi connectivity index (χ0n) is 9.77. The van der Waals surface area contributed by atoms with Crippen LogP contribution in [0, 0.1) is 0 Å². The number of hydrogen-bond acceptors (Lipinski definition) is 3. The Labute approximate surface area is 105 Å². The van der Waals surface area contributed by atoms with Crippen molar-refractivity contribution in [2.45, 2.75) is 18.6 Å². The monoisotopic (exact) mass is 260 g/mol. The molecule has 0 aliphatic heterocycles. The van der Waals surface area contributed by atoms with E-state index in [4.69, 9.17) is 10.5 Å². The molecule has 0 rings (SSSR count). The molecule has 0 heterocycles. The van der Waals surface area contributed by atoms with Gasteiger partial charge in [-0.3, -0.25) is 0 Å². The summed E-state index contributed by atoms with van der Waals surface area (Å²) in [5.41, 5.74) is 5.78. The minimum absolute atomic E-state index is 0. The van der Waals surface area contributed by atoms with Gasteiger partial charge in [0.25, 0.3) is 0 Å². The molecule has 0 fully saturated rings. The number of hydrogen-bond donors (Lipinski definition) is 1. The van der Waals surface area contributed by atoms with Gasteiger partial charge in [-0.1, -0.05) is 0 Å². The standard InChI is InChI=1S/C9H21N2O2.2ClH/c1-11(2,3)6-5-8(10)9(7-12)13-4;;/h7-9H,5-6,10H2,1-4H3;2*1H/q+1;;/p-1/t8-,9+;;/m0../s1. The van der Waals surface area contributed by atoms with Gasteiger partial charge in [-0.2, -0.15) is 0 Å². The zero-order chi connectivity index (χ0) is 10.5. The van der Waals surface area contributed by atoms with Crippen molar-refractivity contribution in [3.8, 4) is 0 Å². The summed E-state index contributed by atoms with van der Waals surface area (Å²) >= 11 is 0. The van der Waals surface area contributed by atoms with Crippen LogP contribution in [0.1, 0.15) is 6.42 Å². The van der Waals surface area contributed by atoms with E-state index in [1.165, 1.54) is 7.11 Å². The molecule has 0 bridgehead atoms. The van der Waals surface area contributed by atoms with Gasteiger partial charge in [-0.05, 0) is 0 Å². The molecule has 2 atom stereocenters. The normalized spacial score (nSPS) is 14.5. The number of carbonyl (C=O) groups excluding carboxylic acids is 1. The van der Waals surface area contributed by atoms with Crippen molar-refractivity contribution >= 4 is 18.7 Å². The molecule has 0 aromatic carbocycles. The van der Waals surface area contributed by atoms with E-state index in [0.29, 0.717) is 0 Å². The Morgan fingerprint density at radius 3 is 2.13 bits per heavy atom. The largest absolute Gasteiger partial charge is 1.00 e. The number of ether oxygens (including phenoxy) is 1. The summed E-state index contributed by atoms with van der Waals surface area (Å²) in [7, 11) is 7.78. The molecule has 0 radical (unpaired) electrons. The smallest absolute Gasteiger partial charge is 0.150 e. The number of methoxy groups -OCH3 is 1. The highest BCUT2D eigenvalue weighted by atomic mass is 35.5. The summed E-state index contributed by atoms with van der Waals surface area (Å²) < 4.78 is 5.78. The third-order valence-electron chi connectivity index (χ3n) is 1.96. The van der Waals surface area contributed by atoms with Gasteiger partial charge in [0.2, 0.25) is 0 Å². The maximum absolute atomic E-state index is 10.5. The van der Waals surface area contributed by atoms with Gasteiger partial charge < -0.3 is 32.2 Å². The fourth-order valence-electron chi connectivity index (χ4n) is 1.03. The molecule has 0 aromatic heterocycles. The Morgan fingerprint density at radius 2 is 1.87 bits per heavy atom. The topological polar surface area (TPSA) is 52.3 Å². The Kier molecular flexibility index (Phi) is 12.8. The SMILES string of the molecule is CO[C@H](C=O)[C@@H](N)CC[N+](C)(C)C.Cl.[Cl-]. The molecule has 0 saturated heterocycles. The molecular weight excluding hydrogens is 239 g/mol. The molecule has 94 valence electrons. The van der Waals surface area contributed by atoms with Crippen LogP contribution in [-0.4, -0.2) is 57.7 Å². The average Bonchev–Trinajstić information content (AvgIpc) is 2.02. The summed E-state index contributed by atoms with van der Waals surface area (Å²) in [5, 5.41) is 0. The van der Waals surface area contributed by atoms with E-state index in [9.17, 15) is 4.79 Å². The van der Waals surface area contributed by atoms with E-state index in [2.05, 4.69) is 21.1 Å². The lowest BCUT2D eigenvalue weighted by atomic mass is 10.1. The maximum Gasteiger partial charge on any atom is 0.150 e. The number of nitrogens with two attached hydrogens (primary N) is 1. The van der Waals surface area contributed by atoms with Crippen molar-refractivity contribution in [3.63, 3.8) is 0 Å². The van der Waals surface area contributed by atoms with Crippen LogP contribution in [0.2, 0.25) is 0 Å². The minimum atomic E-state index is -0.466. The Hall–Kier alpha value is 0.130. The first kappa shape index (κ1) is 20.5. The van der Waals surface area contributed by atoms with Crippen LogP contribution in [0.3, 0.4) is 0 Å². The summed E-state index contributed by atoms with van der Waals surface area (Å²) in [4.78, 5) is 10.5. The predicted molar refractivity (Wildman–Crippen MR) is 59.6 cm³/mol. The van der Waals surface area contributed by atoms with Gasteiger partial charge in [0.1, 0.15) is 12.4 Å². The predicted octanol–water partition coefficient (Wildman–Crippen LogP) is -2.95. The van der Waals surface area contributed by atoms with Gasteiger partial charge in [0, 0.05) is 19.6 Å². The molecule has 15 heavy (non-hydrogen) atoms. The van der Waals surface area contributed by atoms with E-state index in [0.717, 1.165) is 23.7 Å². The number of quaternary nitrogens is 1. The second-order valence-corrected chi connectivity index (χ2v) is 4.30. The second kappa shape index (κ2) is 9.36. The van der Waals surface area contributed by atoms with Crippen molar-refractivity contribution in [3.05, 3.63) is 0 Å². The molecule has 0 aliphatic rings. The van der Waals surface area contributed by atoms with Crippen LogP contribution in [0.4, 0.5) is 0 Å². The molecule has 0 spiro atoms. The van der Waals surface area contributed by atoms with E-state index < -0.39 is 6.10 Å². The maximum atomic E-state index is 10.5. The van der Waals surface area contributed by atoms with Crippen molar-refractivity contribution < 1.29 is 26.4 Å².